The second kappa shape index (κ2) is 7.77. The summed E-state index contributed by atoms with van der Waals surface area (Å²) in [4.78, 5) is 13.4. The first-order chi connectivity index (χ1) is 9.82. The minimum atomic E-state index is -4.05. The topological polar surface area (TPSA) is 92.4 Å². The highest BCUT2D eigenvalue weighted by Crippen LogP contribution is 2.24. The van der Waals surface area contributed by atoms with Crippen molar-refractivity contribution in [1.29, 1.82) is 0 Å². The lowest BCUT2D eigenvalue weighted by molar-refractivity contribution is 0.0701. The van der Waals surface area contributed by atoms with Gasteiger partial charge >= 0.3 is 0 Å². The third kappa shape index (κ3) is 4.69. The Bertz CT molecular complexity index is 585. The Kier molecular flexibility index (Phi) is 6.63. The van der Waals surface area contributed by atoms with Crippen molar-refractivity contribution >= 4 is 25.6 Å². The van der Waals surface area contributed by atoms with Gasteiger partial charge in [0.1, 0.15) is 4.90 Å². The number of hydrogen-bond donors (Lipinski definition) is 1. The number of rotatable bonds is 8. The number of nitrogens with zero attached hydrogens (tertiary/aromatic N) is 2. The molecule has 1 amide bonds. The summed E-state index contributed by atoms with van der Waals surface area (Å²) >= 11 is 0. The van der Waals surface area contributed by atoms with Gasteiger partial charge in [-0.25, -0.2) is 8.42 Å². The van der Waals surface area contributed by atoms with Crippen LogP contribution in [-0.4, -0.2) is 56.2 Å². The van der Waals surface area contributed by atoms with E-state index in [1.165, 1.54) is 4.90 Å². The summed E-state index contributed by atoms with van der Waals surface area (Å²) in [6.07, 6.45) is 1.15. The molecule has 0 unspecified atom stereocenters. The number of hydrogen-bond acceptors (Lipinski definition) is 5. The molecule has 1 aromatic heterocycles. The van der Waals surface area contributed by atoms with E-state index in [4.69, 9.17) is 15.4 Å². The van der Waals surface area contributed by atoms with E-state index in [-0.39, 0.29) is 10.6 Å². The normalized spacial score (nSPS) is 11.6. The molecule has 0 aliphatic rings. The Balaban J connectivity index is 3.04. The van der Waals surface area contributed by atoms with Crippen LogP contribution in [0.2, 0.25) is 0 Å². The van der Waals surface area contributed by atoms with Gasteiger partial charge in [-0.15, -0.1) is 0 Å². The Morgan fingerprint density at radius 1 is 1.43 bits per heavy atom. The van der Waals surface area contributed by atoms with Gasteiger partial charge in [0.15, 0.2) is 5.69 Å². The third-order valence-electron chi connectivity index (χ3n) is 2.86. The van der Waals surface area contributed by atoms with Crippen LogP contribution in [-0.2, 0) is 20.2 Å². The van der Waals surface area contributed by atoms with Crippen LogP contribution in [0.1, 0.15) is 36.5 Å². The molecule has 0 aliphatic carbocycles. The summed E-state index contributed by atoms with van der Waals surface area (Å²) in [5.74, 6) is -0.507. The monoisotopic (exact) mass is 337 g/mol. The maximum absolute atomic E-state index is 12.3. The molecule has 0 aromatic carbocycles. The Morgan fingerprint density at radius 2 is 2.10 bits per heavy atom. The molecule has 7 nitrogen and oxygen atoms in total. The summed E-state index contributed by atoms with van der Waals surface area (Å²) < 4.78 is 28.6. The number of aryl methyl sites for hydroxylation is 1. The molecule has 0 bridgehead atoms. The summed E-state index contributed by atoms with van der Waals surface area (Å²) in [6, 6.07) is 0. The number of H-pyrrole nitrogens is 1. The van der Waals surface area contributed by atoms with E-state index >= 15 is 0 Å². The predicted octanol–water partition coefficient (Wildman–Crippen LogP) is 1.40. The van der Waals surface area contributed by atoms with E-state index in [1.54, 1.807) is 7.05 Å². The molecule has 1 heterocycles. The largest absolute Gasteiger partial charge is 0.380 e. The van der Waals surface area contributed by atoms with Gasteiger partial charge in [-0.2, -0.15) is 5.10 Å². The lowest BCUT2D eigenvalue weighted by atomic mass is 10.2. The van der Waals surface area contributed by atoms with Crippen LogP contribution in [0.25, 0.3) is 0 Å². The number of likely N-dealkylation sites (N-methyl/N-ethyl adjacent to an activating group) is 1. The predicted molar refractivity (Wildman–Crippen MR) is 79.1 cm³/mol. The first-order valence-corrected chi connectivity index (χ1v) is 8.98. The molecule has 120 valence electrons. The summed E-state index contributed by atoms with van der Waals surface area (Å²) in [6.45, 7) is 5.00. The maximum atomic E-state index is 12.3. The molecule has 21 heavy (non-hydrogen) atoms. The van der Waals surface area contributed by atoms with E-state index in [9.17, 15) is 13.2 Å². The smallest absolute Gasteiger partial charge is 0.275 e. The number of nitrogens with one attached hydrogen (secondary N) is 1. The van der Waals surface area contributed by atoms with Gasteiger partial charge in [0.2, 0.25) is 0 Å². The van der Waals surface area contributed by atoms with Gasteiger partial charge in [-0.05, 0) is 13.3 Å². The van der Waals surface area contributed by atoms with Gasteiger partial charge in [-0.3, -0.25) is 9.89 Å². The maximum Gasteiger partial charge on any atom is 0.275 e. The zero-order chi connectivity index (χ0) is 16.0. The molecule has 1 N–H and O–H groups in total. The molecule has 1 aromatic rings. The molecular weight excluding hydrogens is 318 g/mol. The average Bonchev–Trinajstić information content (AvgIpc) is 2.82. The van der Waals surface area contributed by atoms with Crippen molar-refractivity contribution in [3.05, 3.63) is 11.4 Å². The summed E-state index contributed by atoms with van der Waals surface area (Å²) in [7, 11) is 2.95. The van der Waals surface area contributed by atoms with E-state index in [0.717, 1.165) is 0 Å². The van der Waals surface area contributed by atoms with Crippen molar-refractivity contribution < 1.29 is 17.9 Å². The molecule has 9 heteroatoms. The molecule has 0 aliphatic heterocycles. The fourth-order valence-corrected chi connectivity index (χ4v) is 3.13. The second-order valence-electron chi connectivity index (χ2n) is 4.49. The minimum Gasteiger partial charge on any atom is -0.380 e. The van der Waals surface area contributed by atoms with Crippen molar-refractivity contribution in [2.24, 2.45) is 0 Å². The lowest BCUT2D eigenvalue weighted by Gasteiger charge is -2.16. The Labute approximate surface area is 129 Å². The van der Waals surface area contributed by atoms with Crippen molar-refractivity contribution in [2.75, 3.05) is 26.8 Å². The van der Waals surface area contributed by atoms with Gasteiger partial charge in [0, 0.05) is 30.9 Å². The number of carbonyl (C=O) groups is 1. The number of aromatic amines is 1. The molecule has 0 radical (unpaired) electrons. The highest BCUT2D eigenvalue weighted by molar-refractivity contribution is 8.13. The van der Waals surface area contributed by atoms with Crippen LogP contribution < -0.4 is 0 Å². The zero-order valence-electron chi connectivity index (χ0n) is 12.3. The lowest BCUT2D eigenvalue weighted by Crippen LogP contribution is -2.31. The first-order valence-electron chi connectivity index (χ1n) is 6.68. The van der Waals surface area contributed by atoms with Crippen LogP contribution >= 0.6 is 10.7 Å². The number of ether oxygens (including phenoxy) is 1. The average molecular weight is 338 g/mol. The highest BCUT2D eigenvalue weighted by Gasteiger charge is 2.29. The molecule has 0 saturated carbocycles. The van der Waals surface area contributed by atoms with Crippen LogP contribution in [0, 0.1) is 0 Å². The van der Waals surface area contributed by atoms with Crippen LogP contribution in [0.15, 0.2) is 4.90 Å². The number of amides is 1. The van der Waals surface area contributed by atoms with Crippen molar-refractivity contribution in [3.8, 4) is 0 Å². The quantitative estimate of drug-likeness (QED) is 0.571. The van der Waals surface area contributed by atoms with Gasteiger partial charge < -0.3 is 9.64 Å². The van der Waals surface area contributed by atoms with E-state index in [1.807, 2.05) is 13.8 Å². The van der Waals surface area contributed by atoms with E-state index < -0.39 is 15.0 Å². The first kappa shape index (κ1) is 17.9. The van der Waals surface area contributed by atoms with Gasteiger partial charge in [-0.1, -0.05) is 13.3 Å². The van der Waals surface area contributed by atoms with Gasteiger partial charge in [0.05, 0.1) is 12.3 Å². The highest BCUT2D eigenvalue weighted by atomic mass is 35.7. The standard InChI is InChI=1S/C12H20ClN3O4S/c1-4-6-9-11(21(13,18)19)10(15-14-9)12(17)16(3)7-8-20-5-2/h4-8H2,1-3H3,(H,14,15). The van der Waals surface area contributed by atoms with Crippen molar-refractivity contribution in [1.82, 2.24) is 15.1 Å². The number of aromatic nitrogens is 2. The van der Waals surface area contributed by atoms with Crippen LogP contribution in [0.3, 0.4) is 0 Å². The SMILES string of the molecule is CCCc1[nH]nc(C(=O)N(C)CCOCC)c1S(=O)(=O)Cl. The Morgan fingerprint density at radius 3 is 2.62 bits per heavy atom. The molecule has 0 spiro atoms. The molecular formula is C12H20ClN3O4S. The molecule has 0 saturated heterocycles. The summed E-state index contributed by atoms with van der Waals surface area (Å²) in [5.41, 5.74) is 0.182. The van der Waals surface area contributed by atoms with Crippen LogP contribution in [0.5, 0.6) is 0 Å². The van der Waals surface area contributed by atoms with Crippen LogP contribution in [0.4, 0.5) is 0 Å². The summed E-state index contributed by atoms with van der Waals surface area (Å²) in [5, 5.41) is 6.42. The molecule has 0 fully saturated rings. The fraction of sp³-hybridized carbons (Fsp3) is 0.667. The minimum absolute atomic E-state index is 0.174. The number of halogens is 1. The second-order valence-corrected chi connectivity index (χ2v) is 6.99. The fourth-order valence-electron chi connectivity index (χ4n) is 1.82. The van der Waals surface area contributed by atoms with E-state index in [0.29, 0.717) is 38.3 Å². The van der Waals surface area contributed by atoms with Crippen molar-refractivity contribution in [3.63, 3.8) is 0 Å². The van der Waals surface area contributed by atoms with E-state index in [2.05, 4.69) is 10.2 Å². The molecule has 0 atom stereocenters. The zero-order valence-corrected chi connectivity index (χ0v) is 13.9. The molecule has 1 rings (SSSR count). The van der Waals surface area contributed by atoms with Crippen molar-refractivity contribution in [2.45, 2.75) is 31.6 Å². The number of carbonyl (C=O) groups excluding carboxylic acids is 1. The Hall–Kier alpha value is -1.12. The van der Waals surface area contributed by atoms with Gasteiger partial charge in [0.25, 0.3) is 15.0 Å². The third-order valence-corrected chi connectivity index (χ3v) is 4.25.